The molecule has 0 radical (unpaired) electrons. The summed E-state index contributed by atoms with van der Waals surface area (Å²) >= 11 is 3.55. The third kappa shape index (κ3) is 2.49. The lowest BCUT2D eigenvalue weighted by molar-refractivity contribution is 0.700. The molecule has 5 rings (SSSR count). The summed E-state index contributed by atoms with van der Waals surface area (Å²) in [7, 11) is 0. The second-order valence-electron chi connectivity index (χ2n) is 6.25. The molecule has 3 aromatic heterocycles. The van der Waals surface area contributed by atoms with Crippen LogP contribution in [0.5, 0.6) is 0 Å². The van der Waals surface area contributed by atoms with Crippen LogP contribution in [0.3, 0.4) is 0 Å². The first-order valence-electron chi connectivity index (χ1n) is 8.37. The van der Waals surface area contributed by atoms with E-state index in [-0.39, 0.29) is 0 Å². The van der Waals surface area contributed by atoms with Gasteiger partial charge in [0.05, 0.1) is 22.8 Å². The maximum absolute atomic E-state index is 4.58. The molecule has 1 aromatic carbocycles. The quantitative estimate of drug-likeness (QED) is 0.504. The monoisotopic (exact) mass is 367 g/mol. The van der Waals surface area contributed by atoms with Crippen LogP contribution in [0, 0.1) is 0 Å². The third-order valence-electron chi connectivity index (χ3n) is 4.76. The van der Waals surface area contributed by atoms with E-state index in [4.69, 9.17) is 0 Å². The van der Waals surface area contributed by atoms with Crippen molar-refractivity contribution in [1.29, 1.82) is 0 Å². The lowest BCUT2D eigenvalue weighted by Crippen LogP contribution is -2.01. The van der Waals surface area contributed by atoms with Gasteiger partial charge in [0.25, 0.3) is 0 Å². The first kappa shape index (κ1) is 15.2. The fraction of sp³-hybridized carbons (Fsp3) is 0.278. The zero-order chi connectivity index (χ0) is 16.8. The zero-order valence-electron chi connectivity index (χ0n) is 13.8. The lowest BCUT2D eigenvalue weighted by Gasteiger charge is -2.14. The van der Waals surface area contributed by atoms with Crippen molar-refractivity contribution in [3.63, 3.8) is 0 Å². The van der Waals surface area contributed by atoms with E-state index in [9.17, 15) is 0 Å². The molecule has 0 aliphatic heterocycles. The van der Waals surface area contributed by atoms with E-state index in [1.54, 1.807) is 18.1 Å². The van der Waals surface area contributed by atoms with E-state index in [1.165, 1.54) is 40.0 Å². The topological polar surface area (TPSA) is 66.5 Å². The number of anilines is 2. The molecular formula is C18H17N5S2. The minimum absolute atomic E-state index is 0.919. The lowest BCUT2D eigenvalue weighted by atomic mass is 9.97. The number of aryl methyl sites for hydroxylation is 2. The summed E-state index contributed by atoms with van der Waals surface area (Å²) in [5.41, 5.74) is 3.57. The zero-order valence-corrected chi connectivity index (χ0v) is 15.4. The average molecular weight is 368 g/mol. The van der Waals surface area contributed by atoms with E-state index in [2.05, 4.69) is 43.9 Å². The summed E-state index contributed by atoms with van der Waals surface area (Å²) in [5.74, 6) is 0.919. The van der Waals surface area contributed by atoms with Crippen molar-refractivity contribution in [2.24, 2.45) is 0 Å². The largest absolute Gasteiger partial charge is 0.339 e. The fourth-order valence-corrected chi connectivity index (χ4v) is 5.35. The fourth-order valence-electron chi connectivity index (χ4n) is 3.55. The highest BCUT2D eigenvalue weighted by Crippen LogP contribution is 2.40. The van der Waals surface area contributed by atoms with Crippen molar-refractivity contribution in [2.45, 2.75) is 30.6 Å². The van der Waals surface area contributed by atoms with Crippen LogP contribution in [-0.4, -0.2) is 26.4 Å². The van der Waals surface area contributed by atoms with Crippen molar-refractivity contribution in [3.05, 3.63) is 35.1 Å². The molecule has 0 spiro atoms. The number of rotatable bonds is 3. The Labute approximate surface area is 153 Å². The Balaban J connectivity index is 1.66. The smallest absolute Gasteiger partial charge is 0.142 e. The Morgan fingerprint density at radius 3 is 3.04 bits per heavy atom. The molecule has 25 heavy (non-hydrogen) atoms. The molecule has 2 N–H and O–H groups in total. The van der Waals surface area contributed by atoms with Crippen LogP contribution in [0.2, 0.25) is 0 Å². The highest BCUT2D eigenvalue weighted by Gasteiger charge is 2.20. The Kier molecular flexibility index (Phi) is 3.64. The van der Waals surface area contributed by atoms with Crippen LogP contribution in [0.4, 0.5) is 11.5 Å². The second-order valence-corrected chi connectivity index (χ2v) is 8.18. The first-order valence-corrected chi connectivity index (χ1v) is 10.4. The summed E-state index contributed by atoms with van der Waals surface area (Å²) in [5, 5.41) is 13.1. The molecular weight excluding hydrogens is 350 g/mol. The predicted molar refractivity (Wildman–Crippen MR) is 105 cm³/mol. The average Bonchev–Trinajstić information content (AvgIpc) is 3.24. The third-order valence-corrected chi connectivity index (χ3v) is 6.74. The summed E-state index contributed by atoms with van der Waals surface area (Å²) in [4.78, 5) is 12.9. The van der Waals surface area contributed by atoms with Gasteiger partial charge >= 0.3 is 0 Å². The molecule has 3 heterocycles. The highest BCUT2D eigenvalue weighted by atomic mass is 32.2. The molecule has 7 heteroatoms. The Morgan fingerprint density at radius 1 is 1.20 bits per heavy atom. The van der Waals surface area contributed by atoms with Gasteiger partial charge in [0.2, 0.25) is 0 Å². The van der Waals surface area contributed by atoms with Gasteiger partial charge in [-0.3, -0.25) is 5.10 Å². The molecule has 0 saturated heterocycles. The van der Waals surface area contributed by atoms with Crippen LogP contribution >= 0.6 is 23.1 Å². The van der Waals surface area contributed by atoms with E-state index in [1.807, 2.05) is 17.5 Å². The molecule has 1 aliphatic carbocycles. The number of nitrogens with zero attached hydrogens (tertiary/aromatic N) is 3. The highest BCUT2D eigenvalue weighted by molar-refractivity contribution is 7.98. The number of hydrogen-bond donors (Lipinski definition) is 2. The maximum Gasteiger partial charge on any atom is 0.142 e. The van der Waals surface area contributed by atoms with E-state index in [0.717, 1.165) is 33.7 Å². The van der Waals surface area contributed by atoms with E-state index >= 15 is 0 Å². The molecule has 1 aliphatic rings. The van der Waals surface area contributed by atoms with Gasteiger partial charge in [-0.1, -0.05) is 0 Å². The molecule has 0 bridgehead atoms. The SMILES string of the molecule is CSc1cc2[nH]ncc2cc1Nc1ncnc2sc3c(c12)CCCC3. The van der Waals surface area contributed by atoms with Gasteiger partial charge in [0.15, 0.2) is 0 Å². The van der Waals surface area contributed by atoms with Gasteiger partial charge < -0.3 is 5.32 Å². The van der Waals surface area contributed by atoms with E-state index < -0.39 is 0 Å². The van der Waals surface area contributed by atoms with Crippen LogP contribution in [0.25, 0.3) is 21.1 Å². The molecule has 0 atom stereocenters. The summed E-state index contributed by atoms with van der Waals surface area (Å²) in [6.07, 6.45) is 10.5. The first-order chi connectivity index (χ1) is 12.3. The van der Waals surface area contributed by atoms with Crippen LogP contribution in [-0.2, 0) is 12.8 Å². The number of aromatic nitrogens is 4. The number of fused-ring (bicyclic) bond motifs is 4. The molecule has 5 nitrogen and oxygen atoms in total. The minimum atomic E-state index is 0.919. The van der Waals surface area contributed by atoms with Gasteiger partial charge in [-0.2, -0.15) is 5.10 Å². The minimum Gasteiger partial charge on any atom is -0.339 e. The Hall–Kier alpha value is -2.12. The van der Waals surface area contributed by atoms with Gasteiger partial charge in [0, 0.05) is 15.2 Å². The number of aromatic amines is 1. The van der Waals surface area contributed by atoms with Crippen molar-refractivity contribution in [3.8, 4) is 0 Å². The Morgan fingerprint density at radius 2 is 2.12 bits per heavy atom. The maximum atomic E-state index is 4.58. The summed E-state index contributed by atoms with van der Waals surface area (Å²) in [6.45, 7) is 0. The second kappa shape index (κ2) is 6.00. The van der Waals surface area contributed by atoms with Crippen LogP contribution in [0.15, 0.2) is 29.6 Å². The predicted octanol–water partition coefficient (Wildman–Crippen LogP) is 4.91. The molecule has 0 fully saturated rings. The number of nitrogens with one attached hydrogen (secondary N) is 2. The Bertz CT molecular complexity index is 1080. The standard InChI is InChI=1S/C18H17N5S2/c1-24-15-7-12-10(8-21-23-12)6-13(15)22-17-16-11-4-2-3-5-14(11)25-18(16)20-9-19-17/h6-9H,2-5H2,1H3,(H,21,23)(H,19,20,22). The number of hydrogen-bond acceptors (Lipinski definition) is 6. The van der Waals surface area contributed by atoms with Crippen LogP contribution < -0.4 is 5.32 Å². The van der Waals surface area contributed by atoms with Gasteiger partial charge in [-0.25, -0.2) is 9.97 Å². The van der Waals surface area contributed by atoms with Crippen molar-refractivity contribution < 1.29 is 0 Å². The number of benzene rings is 1. The van der Waals surface area contributed by atoms with E-state index in [0.29, 0.717) is 0 Å². The van der Waals surface area contributed by atoms with Gasteiger partial charge in [0.1, 0.15) is 17.0 Å². The normalized spacial score (nSPS) is 14.1. The molecule has 4 aromatic rings. The molecule has 0 saturated carbocycles. The number of thioether (sulfide) groups is 1. The summed E-state index contributed by atoms with van der Waals surface area (Å²) in [6, 6.07) is 4.27. The molecule has 126 valence electrons. The number of thiophene rings is 1. The number of H-pyrrole nitrogens is 1. The van der Waals surface area contributed by atoms with Crippen molar-refractivity contribution >= 4 is 55.7 Å². The van der Waals surface area contributed by atoms with Gasteiger partial charge in [-0.15, -0.1) is 23.1 Å². The van der Waals surface area contributed by atoms with Crippen molar-refractivity contribution in [2.75, 3.05) is 11.6 Å². The van der Waals surface area contributed by atoms with Crippen LogP contribution in [0.1, 0.15) is 23.3 Å². The molecule has 0 unspecified atom stereocenters. The van der Waals surface area contributed by atoms with Crippen molar-refractivity contribution in [1.82, 2.24) is 20.2 Å². The summed E-state index contributed by atoms with van der Waals surface area (Å²) < 4.78 is 0. The molecule has 0 amide bonds. The van der Waals surface area contributed by atoms with Gasteiger partial charge in [-0.05, 0) is 49.6 Å².